The van der Waals surface area contributed by atoms with Crippen LogP contribution in [0, 0.1) is 0 Å². The lowest BCUT2D eigenvalue weighted by Crippen LogP contribution is -2.20. The van der Waals surface area contributed by atoms with E-state index in [1.807, 2.05) is 41.8 Å². The van der Waals surface area contributed by atoms with Crippen molar-refractivity contribution in [3.8, 4) is 5.75 Å². The van der Waals surface area contributed by atoms with Gasteiger partial charge in [-0.3, -0.25) is 4.79 Å². The van der Waals surface area contributed by atoms with Crippen molar-refractivity contribution >= 4 is 11.3 Å². The topological polar surface area (TPSA) is 71.7 Å². The van der Waals surface area contributed by atoms with E-state index in [9.17, 15) is 15.0 Å². The molecule has 0 aliphatic rings. The maximum Gasteiger partial charge on any atom is 0.223 e. The van der Waals surface area contributed by atoms with Gasteiger partial charge in [0.25, 0.3) is 0 Å². The molecular weight excluding hydrogens is 338 g/mol. The van der Waals surface area contributed by atoms with Gasteiger partial charge in [0.2, 0.25) is 5.43 Å². The van der Waals surface area contributed by atoms with Crippen LogP contribution in [-0.2, 0) is 13.2 Å². The molecule has 5 nitrogen and oxygen atoms in total. The van der Waals surface area contributed by atoms with Crippen molar-refractivity contribution in [2.24, 2.45) is 0 Å². The lowest BCUT2D eigenvalue weighted by atomic mass is 10.1. The van der Waals surface area contributed by atoms with Crippen molar-refractivity contribution in [1.29, 1.82) is 0 Å². The van der Waals surface area contributed by atoms with Crippen molar-refractivity contribution in [2.75, 3.05) is 6.61 Å². The zero-order chi connectivity index (χ0) is 17.6. The van der Waals surface area contributed by atoms with Gasteiger partial charge in [-0.1, -0.05) is 36.4 Å². The fourth-order valence-corrected chi connectivity index (χ4v) is 3.32. The van der Waals surface area contributed by atoms with Gasteiger partial charge in [0.05, 0.1) is 12.3 Å². The van der Waals surface area contributed by atoms with E-state index in [1.165, 1.54) is 17.4 Å². The van der Waals surface area contributed by atoms with Crippen LogP contribution in [0.3, 0.4) is 0 Å². The standard InChI is InChI=1S/C19H19NO4S/c21-11-10-20-9-8-15(22)19(24-13-14-5-2-1-3-6-14)17(20)18(23)16-7-4-12-25-16/h1-9,12,18,21,23H,10-11,13H2. The smallest absolute Gasteiger partial charge is 0.223 e. The Morgan fingerprint density at radius 2 is 1.92 bits per heavy atom. The Morgan fingerprint density at radius 1 is 1.12 bits per heavy atom. The Hall–Kier alpha value is -2.41. The average molecular weight is 357 g/mol. The molecule has 130 valence electrons. The molecule has 2 heterocycles. The molecule has 3 aromatic rings. The summed E-state index contributed by atoms with van der Waals surface area (Å²) in [6.07, 6.45) is 0.575. The van der Waals surface area contributed by atoms with E-state index in [1.54, 1.807) is 16.8 Å². The normalized spacial score (nSPS) is 12.1. The molecule has 0 aliphatic heterocycles. The molecule has 2 N–H and O–H groups in total. The monoisotopic (exact) mass is 357 g/mol. The van der Waals surface area contributed by atoms with Crippen LogP contribution >= 0.6 is 11.3 Å². The number of hydrogen-bond acceptors (Lipinski definition) is 5. The molecule has 2 aromatic heterocycles. The molecule has 1 unspecified atom stereocenters. The Kier molecular flexibility index (Phi) is 5.65. The Labute approximate surface area is 149 Å². The summed E-state index contributed by atoms with van der Waals surface area (Å²) in [4.78, 5) is 13.1. The fraction of sp³-hybridized carbons (Fsp3) is 0.211. The first-order valence-electron chi connectivity index (χ1n) is 7.93. The van der Waals surface area contributed by atoms with Crippen LogP contribution in [0.1, 0.15) is 22.2 Å². The predicted octanol–water partition coefficient (Wildman–Crippen LogP) is 2.56. The number of thiophene rings is 1. The molecule has 0 radical (unpaired) electrons. The molecule has 0 aliphatic carbocycles. The maximum absolute atomic E-state index is 12.4. The summed E-state index contributed by atoms with van der Waals surface area (Å²) in [7, 11) is 0. The minimum absolute atomic E-state index is 0.106. The number of aromatic nitrogens is 1. The minimum Gasteiger partial charge on any atom is -0.483 e. The Bertz CT molecular complexity index is 859. The molecule has 25 heavy (non-hydrogen) atoms. The highest BCUT2D eigenvalue weighted by atomic mass is 32.1. The first-order chi connectivity index (χ1) is 12.2. The molecule has 0 saturated carbocycles. The summed E-state index contributed by atoms with van der Waals surface area (Å²) >= 11 is 1.40. The largest absolute Gasteiger partial charge is 0.483 e. The second-order valence-electron chi connectivity index (χ2n) is 5.50. The number of ether oxygens (including phenoxy) is 1. The zero-order valence-corrected chi connectivity index (χ0v) is 14.4. The van der Waals surface area contributed by atoms with Gasteiger partial charge in [-0.15, -0.1) is 11.3 Å². The highest BCUT2D eigenvalue weighted by Gasteiger charge is 2.22. The van der Waals surface area contributed by atoms with Crippen LogP contribution < -0.4 is 10.2 Å². The lowest BCUT2D eigenvalue weighted by molar-refractivity contribution is 0.193. The number of hydrogen-bond donors (Lipinski definition) is 2. The first-order valence-corrected chi connectivity index (χ1v) is 8.81. The summed E-state index contributed by atoms with van der Waals surface area (Å²) in [6, 6.07) is 14.6. The lowest BCUT2D eigenvalue weighted by Gasteiger charge is -2.20. The van der Waals surface area contributed by atoms with Crippen LogP contribution in [0.15, 0.2) is 64.9 Å². The van der Waals surface area contributed by atoms with Crippen molar-refractivity contribution in [2.45, 2.75) is 19.3 Å². The van der Waals surface area contributed by atoms with E-state index in [0.29, 0.717) is 10.6 Å². The third kappa shape index (κ3) is 3.99. The summed E-state index contributed by atoms with van der Waals surface area (Å²) in [6.45, 7) is 0.383. The molecule has 1 atom stereocenters. The van der Waals surface area contributed by atoms with Gasteiger partial charge in [-0.25, -0.2) is 0 Å². The van der Waals surface area contributed by atoms with Crippen LogP contribution in [-0.4, -0.2) is 21.4 Å². The maximum atomic E-state index is 12.4. The molecule has 0 amide bonds. The van der Waals surface area contributed by atoms with E-state index in [4.69, 9.17) is 4.74 Å². The van der Waals surface area contributed by atoms with Crippen LogP contribution in [0.2, 0.25) is 0 Å². The summed E-state index contributed by atoms with van der Waals surface area (Å²) < 4.78 is 7.45. The van der Waals surface area contributed by atoms with Gasteiger partial charge < -0.3 is 19.5 Å². The quantitative estimate of drug-likeness (QED) is 0.682. The minimum atomic E-state index is -0.994. The molecule has 0 bridgehead atoms. The van der Waals surface area contributed by atoms with Crippen molar-refractivity contribution in [3.05, 3.63) is 86.5 Å². The molecule has 1 aromatic carbocycles. The Balaban J connectivity index is 2.00. The van der Waals surface area contributed by atoms with E-state index < -0.39 is 6.10 Å². The second kappa shape index (κ2) is 8.11. The SMILES string of the molecule is O=c1ccn(CCO)c(C(O)c2cccs2)c1OCc1ccccc1. The first kappa shape index (κ1) is 17.4. The highest BCUT2D eigenvalue weighted by Crippen LogP contribution is 2.30. The predicted molar refractivity (Wildman–Crippen MR) is 96.9 cm³/mol. The number of rotatable bonds is 7. The van der Waals surface area contributed by atoms with Crippen LogP contribution in [0.4, 0.5) is 0 Å². The van der Waals surface area contributed by atoms with Crippen molar-refractivity contribution in [1.82, 2.24) is 4.57 Å². The average Bonchev–Trinajstić information content (AvgIpc) is 3.17. The Morgan fingerprint density at radius 3 is 2.60 bits per heavy atom. The molecule has 0 saturated heterocycles. The van der Waals surface area contributed by atoms with Gasteiger partial charge in [-0.05, 0) is 17.0 Å². The third-order valence-corrected chi connectivity index (χ3v) is 4.74. The van der Waals surface area contributed by atoms with Gasteiger partial charge in [0.15, 0.2) is 5.75 Å². The fourth-order valence-electron chi connectivity index (χ4n) is 2.61. The van der Waals surface area contributed by atoms with Crippen LogP contribution in [0.25, 0.3) is 0 Å². The summed E-state index contributed by atoms with van der Waals surface area (Å²) in [5.74, 6) is 0.112. The summed E-state index contributed by atoms with van der Waals surface area (Å²) in [5.41, 5.74) is 0.992. The molecule has 0 spiro atoms. The molecule has 0 fully saturated rings. The van der Waals surface area contributed by atoms with Crippen LogP contribution in [0.5, 0.6) is 5.75 Å². The number of aliphatic hydroxyl groups is 2. The third-order valence-electron chi connectivity index (χ3n) is 3.81. The van der Waals surface area contributed by atoms with E-state index in [0.717, 1.165) is 5.56 Å². The summed E-state index contributed by atoms with van der Waals surface area (Å²) in [5, 5.41) is 21.9. The zero-order valence-electron chi connectivity index (χ0n) is 13.5. The molecule has 6 heteroatoms. The van der Waals surface area contributed by atoms with E-state index in [-0.39, 0.29) is 30.9 Å². The number of nitrogens with zero attached hydrogens (tertiary/aromatic N) is 1. The van der Waals surface area contributed by atoms with E-state index in [2.05, 4.69) is 0 Å². The molecule has 3 rings (SSSR count). The number of pyridine rings is 1. The van der Waals surface area contributed by atoms with Crippen molar-refractivity contribution < 1.29 is 14.9 Å². The van der Waals surface area contributed by atoms with Gasteiger partial charge in [-0.2, -0.15) is 0 Å². The number of aliphatic hydroxyl groups excluding tert-OH is 2. The van der Waals surface area contributed by atoms with Gasteiger partial charge in [0.1, 0.15) is 12.7 Å². The van der Waals surface area contributed by atoms with E-state index >= 15 is 0 Å². The second-order valence-corrected chi connectivity index (χ2v) is 6.48. The number of benzene rings is 1. The highest BCUT2D eigenvalue weighted by molar-refractivity contribution is 7.10. The van der Waals surface area contributed by atoms with Gasteiger partial charge >= 0.3 is 0 Å². The van der Waals surface area contributed by atoms with Gasteiger partial charge in [0, 0.05) is 23.7 Å². The molecular formula is C19H19NO4S. The van der Waals surface area contributed by atoms with Crippen molar-refractivity contribution in [3.63, 3.8) is 0 Å².